The summed E-state index contributed by atoms with van der Waals surface area (Å²) >= 11 is 0. The van der Waals surface area contributed by atoms with E-state index in [0.29, 0.717) is 12.2 Å². The Bertz CT molecular complexity index is 1190. The van der Waals surface area contributed by atoms with Gasteiger partial charge in [-0.1, -0.05) is 70.1 Å². The molecule has 2 unspecified atom stereocenters. The highest BCUT2D eigenvalue weighted by atomic mass is 16.4. The minimum atomic E-state index is -1.40. The van der Waals surface area contributed by atoms with Crippen molar-refractivity contribution < 1.29 is 29.1 Å². The first-order valence-electron chi connectivity index (χ1n) is 14.5. The Labute approximate surface area is 241 Å². The van der Waals surface area contributed by atoms with E-state index >= 15 is 0 Å². The van der Waals surface area contributed by atoms with Crippen molar-refractivity contribution in [1.82, 2.24) is 20.5 Å². The molecule has 2 aromatic rings. The van der Waals surface area contributed by atoms with Crippen molar-refractivity contribution in [3.63, 3.8) is 0 Å². The maximum absolute atomic E-state index is 13.5. The quantitative estimate of drug-likeness (QED) is 0.162. The van der Waals surface area contributed by atoms with E-state index in [1.54, 1.807) is 19.9 Å². The number of carbonyl (C=O) groups is 5. The molecule has 0 saturated carbocycles. The maximum Gasteiger partial charge on any atom is 0.305 e. The summed E-state index contributed by atoms with van der Waals surface area (Å²) in [6.07, 6.45) is 7.95. The number of aromatic nitrogens is 1. The van der Waals surface area contributed by atoms with Gasteiger partial charge in [-0.2, -0.15) is 0 Å². The number of benzene rings is 1. The first-order chi connectivity index (χ1) is 19.5. The molecule has 0 aliphatic heterocycles. The number of nitrogens with two attached hydrogens (primary N) is 1. The number of primary amides is 1. The second-order valence-corrected chi connectivity index (χ2v) is 10.7. The lowest BCUT2D eigenvalue weighted by molar-refractivity contribution is -0.141. The van der Waals surface area contributed by atoms with Crippen LogP contribution in [0.4, 0.5) is 0 Å². The van der Waals surface area contributed by atoms with Gasteiger partial charge in [0.05, 0.1) is 12.8 Å². The van der Waals surface area contributed by atoms with E-state index in [2.05, 4.69) is 22.9 Å². The lowest BCUT2D eigenvalue weighted by Crippen LogP contribution is -2.55. The number of aryl methyl sites for hydroxylation is 1. The third kappa shape index (κ3) is 11.3. The zero-order valence-electron chi connectivity index (χ0n) is 24.4. The Balaban J connectivity index is 2.18. The molecule has 4 amide bonds. The van der Waals surface area contributed by atoms with Gasteiger partial charge in [-0.15, -0.1) is 0 Å². The van der Waals surface area contributed by atoms with E-state index in [1.165, 1.54) is 32.1 Å². The predicted octanol–water partition coefficient (Wildman–Crippen LogP) is 3.24. The van der Waals surface area contributed by atoms with Crippen molar-refractivity contribution in [3.8, 4) is 0 Å². The summed E-state index contributed by atoms with van der Waals surface area (Å²) < 4.78 is 1.91. The zero-order valence-corrected chi connectivity index (χ0v) is 24.4. The number of carboxylic acid groups (broad SMARTS) is 1. The van der Waals surface area contributed by atoms with Gasteiger partial charge in [-0.25, -0.2) is 0 Å². The molecular formula is C30H45N5O6. The highest BCUT2D eigenvalue weighted by Crippen LogP contribution is 2.21. The lowest BCUT2D eigenvalue weighted by atomic mass is 10.1. The Morgan fingerprint density at radius 3 is 2.02 bits per heavy atom. The molecular weight excluding hydrogens is 526 g/mol. The first kappa shape index (κ1) is 33.3. The largest absolute Gasteiger partial charge is 0.481 e. The van der Waals surface area contributed by atoms with Crippen molar-refractivity contribution in [2.45, 2.75) is 110 Å². The second-order valence-electron chi connectivity index (χ2n) is 10.7. The normalized spacial score (nSPS) is 12.6. The average molecular weight is 572 g/mol. The summed E-state index contributed by atoms with van der Waals surface area (Å²) in [6, 6.07) is 6.22. The number of nitrogens with one attached hydrogen (secondary N) is 3. The fourth-order valence-corrected chi connectivity index (χ4v) is 4.73. The average Bonchev–Trinajstić information content (AvgIpc) is 3.27. The summed E-state index contributed by atoms with van der Waals surface area (Å²) in [5.41, 5.74) is 6.57. The summed E-state index contributed by atoms with van der Waals surface area (Å²) in [7, 11) is 0. The van der Waals surface area contributed by atoms with Gasteiger partial charge in [-0.05, 0) is 32.4 Å². The van der Waals surface area contributed by atoms with Crippen molar-refractivity contribution in [2.24, 2.45) is 5.73 Å². The zero-order chi connectivity index (χ0) is 30.4. The number of nitrogens with zero attached hydrogens (tertiary/aromatic N) is 1. The Morgan fingerprint density at radius 1 is 0.829 bits per heavy atom. The smallest absolute Gasteiger partial charge is 0.305 e. The van der Waals surface area contributed by atoms with E-state index in [9.17, 15) is 29.1 Å². The number of carboxylic acids is 1. The lowest BCUT2D eigenvalue weighted by Gasteiger charge is -2.22. The molecule has 0 aliphatic carbocycles. The molecule has 11 nitrogen and oxygen atoms in total. The molecule has 1 aromatic heterocycles. The molecule has 1 aromatic carbocycles. The molecule has 1 heterocycles. The SMILES string of the molecule is CCCCCCCCCCn1c(C(=O)NC(CC(N)=O)C(=O)NC(CC(=O)O)C(=O)NC(C)C)cc2ccccc21. The number of aliphatic carboxylic acids is 1. The highest BCUT2D eigenvalue weighted by molar-refractivity contribution is 6.02. The standard InChI is InChI=1S/C30H45N5O6/c1-4-5-6-7-8-9-10-13-16-35-24-15-12-11-14-21(24)17-25(35)30(41)34-22(18-26(31)36)29(40)33-23(19-27(37)38)28(39)32-20(2)3/h11-12,14-15,17,20,22-23H,4-10,13,16,18-19H2,1-3H3,(H2,31,36)(H,32,39)(H,33,40)(H,34,41)(H,37,38). The predicted molar refractivity (Wildman–Crippen MR) is 157 cm³/mol. The molecule has 0 bridgehead atoms. The molecule has 2 atom stereocenters. The van der Waals surface area contributed by atoms with Crippen LogP contribution in [-0.2, 0) is 25.7 Å². The van der Waals surface area contributed by atoms with E-state index in [4.69, 9.17) is 5.73 Å². The van der Waals surface area contributed by atoms with Crippen LogP contribution in [-0.4, -0.2) is 57.4 Å². The number of rotatable bonds is 19. The van der Waals surface area contributed by atoms with Crippen LogP contribution in [0.3, 0.4) is 0 Å². The Kier molecular flexibility index (Phi) is 13.8. The Hall–Kier alpha value is -3.89. The van der Waals surface area contributed by atoms with Crippen LogP contribution in [0, 0.1) is 0 Å². The van der Waals surface area contributed by atoms with Gasteiger partial charge >= 0.3 is 5.97 Å². The first-order valence-corrected chi connectivity index (χ1v) is 14.5. The number of fused-ring (bicyclic) bond motifs is 1. The van der Waals surface area contributed by atoms with Gasteiger partial charge < -0.3 is 31.4 Å². The van der Waals surface area contributed by atoms with Crippen LogP contribution in [0.15, 0.2) is 30.3 Å². The molecule has 2 rings (SSSR count). The third-order valence-electron chi connectivity index (χ3n) is 6.75. The van der Waals surface area contributed by atoms with Gasteiger partial charge in [0.15, 0.2) is 0 Å². The minimum Gasteiger partial charge on any atom is -0.481 e. The van der Waals surface area contributed by atoms with E-state index < -0.39 is 54.5 Å². The van der Waals surface area contributed by atoms with Crippen LogP contribution in [0.25, 0.3) is 10.9 Å². The van der Waals surface area contributed by atoms with Crippen LogP contribution in [0.5, 0.6) is 0 Å². The van der Waals surface area contributed by atoms with Crippen molar-refractivity contribution >= 4 is 40.5 Å². The number of unbranched alkanes of at least 4 members (excludes halogenated alkanes) is 7. The van der Waals surface area contributed by atoms with Crippen LogP contribution in [0.2, 0.25) is 0 Å². The van der Waals surface area contributed by atoms with Gasteiger partial charge in [0, 0.05) is 23.5 Å². The summed E-state index contributed by atoms with van der Waals surface area (Å²) in [6.45, 7) is 6.19. The summed E-state index contributed by atoms with van der Waals surface area (Å²) in [5, 5.41) is 17.6. The topological polar surface area (TPSA) is 173 Å². The molecule has 41 heavy (non-hydrogen) atoms. The van der Waals surface area contributed by atoms with E-state index in [1.807, 2.05) is 28.8 Å². The number of hydrogen-bond donors (Lipinski definition) is 5. The molecule has 0 fully saturated rings. The molecule has 11 heteroatoms. The molecule has 0 aliphatic rings. The van der Waals surface area contributed by atoms with Crippen molar-refractivity contribution in [2.75, 3.05) is 0 Å². The maximum atomic E-state index is 13.5. The highest BCUT2D eigenvalue weighted by Gasteiger charge is 2.30. The molecule has 0 spiro atoms. The third-order valence-corrected chi connectivity index (χ3v) is 6.75. The molecule has 6 N–H and O–H groups in total. The minimum absolute atomic E-state index is 0.292. The molecule has 0 radical (unpaired) electrons. The molecule has 226 valence electrons. The fourth-order valence-electron chi connectivity index (χ4n) is 4.73. The van der Waals surface area contributed by atoms with Crippen LogP contribution < -0.4 is 21.7 Å². The van der Waals surface area contributed by atoms with E-state index in [0.717, 1.165) is 30.2 Å². The van der Waals surface area contributed by atoms with Gasteiger partial charge in [0.25, 0.3) is 5.91 Å². The number of hydrogen-bond acceptors (Lipinski definition) is 5. The van der Waals surface area contributed by atoms with Crippen molar-refractivity contribution in [1.29, 1.82) is 0 Å². The van der Waals surface area contributed by atoms with Gasteiger partial charge in [0.1, 0.15) is 17.8 Å². The van der Waals surface area contributed by atoms with Crippen LogP contribution in [0.1, 0.15) is 95.5 Å². The Morgan fingerprint density at radius 2 is 1.41 bits per heavy atom. The number of para-hydroxylation sites is 1. The summed E-state index contributed by atoms with van der Waals surface area (Å²) in [5.74, 6) is -4.29. The number of amides is 4. The van der Waals surface area contributed by atoms with Crippen molar-refractivity contribution in [3.05, 3.63) is 36.0 Å². The number of carbonyl (C=O) groups excluding carboxylic acids is 4. The van der Waals surface area contributed by atoms with Crippen LogP contribution >= 0.6 is 0 Å². The van der Waals surface area contributed by atoms with Gasteiger partial charge in [0.2, 0.25) is 17.7 Å². The summed E-state index contributed by atoms with van der Waals surface area (Å²) in [4.78, 5) is 62.2. The monoisotopic (exact) mass is 571 g/mol. The second kappa shape index (κ2) is 17.0. The fraction of sp³-hybridized carbons (Fsp3) is 0.567. The van der Waals surface area contributed by atoms with E-state index in [-0.39, 0.29) is 6.04 Å². The molecule has 0 saturated heterocycles. The van der Waals surface area contributed by atoms with Gasteiger partial charge in [-0.3, -0.25) is 24.0 Å².